The third kappa shape index (κ3) is 4.92. The van der Waals surface area contributed by atoms with E-state index in [1.807, 2.05) is 0 Å². The number of amides is 1. The smallest absolute Gasteiger partial charge is 0.435 e. The fraction of sp³-hybridized carbons (Fsp3) is 0.368. The Balaban J connectivity index is 1.53. The van der Waals surface area contributed by atoms with Crippen LogP contribution in [0.3, 0.4) is 0 Å². The van der Waals surface area contributed by atoms with Gasteiger partial charge < -0.3 is 20.1 Å². The highest BCUT2D eigenvalue weighted by atomic mass is 19.4. The number of carbonyl (C=O) groups excluding carboxylic acids is 1. The molecule has 150 valence electrons. The number of nitrogens with zero attached hydrogens (tertiary/aromatic N) is 2. The molecule has 2 aromatic rings. The van der Waals surface area contributed by atoms with Gasteiger partial charge in [0, 0.05) is 25.3 Å². The van der Waals surface area contributed by atoms with Gasteiger partial charge >= 0.3 is 6.18 Å². The maximum absolute atomic E-state index is 13.0. The summed E-state index contributed by atoms with van der Waals surface area (Å²) in [5.41, 5.74) is -0.315. The van der Waals surface area contributed by atoms with Gasteiger partial charge in [-0.3, -0.25) is 4.79 Å². The molecular formula is C19H20F3N3O3. The number of nitrogens with one attached hydrogen (secondary N) is 1. The number of hydrogen-bond donors (Lipinski definition) is 2. The van der Waals surface area contributed by atoms with Crippen LogP contribution in [0.1, 0.15) is 17.7 Å². The van der Waals surface area contributed by atoms with Crippen molar-refractivity contribution in [3.05, 3.63) is 53.9 Å². The zero-order chi connectivity index (χ0) is 20.1. The Bertz CT molecular complexity index is 812. The van der Waals surface area contributed by atoms with Gasteiger partial charge in [-0.15, -0.1) is 0 Å². The summed E-state index contributed by atoms with van der Waals surface area (Å²) in [7, 11) is 0. The van der Waals surface area contributed by atoms with Crippen molar-refractivity contribution in [1.82, 2.24) is 9.88 Å². The molecule has 1 aliphatic heterocycles. The van der Waals surface area contributed by atoms with Crippen LogP contribution in [0.25, 0.3) is 0 Å². The molecule has 0 bridgehead atoms. The molecule has 1 fully saturated rings. The monoisotopic (exact) mass is 395 g/mol. The van der Waals surface area contributed by atoms with Crippen molar-refractivity contribution in [2.24, 2.45) is 0 Å². The molecule has 0 unspecified atom stereocenters. The molecule has 3 rings (SSSR count). The van der Waals surface area contributed by atoms with Crippen LogP contribution in [0.2, 0.25) is 0 Å². The van der Waals surface area contributed by atoms with Crippen LogP contribution in [-0.2, 0) is 17.6 Å². The number of aliphatic hydroxyl groups is 1. The standard InChI is InChI=1S/C19H20F3N3O3/c20-19(21,22)18-16(2-1-8-23-18)24-14-7-9-25(10-14)17(27)12-28-15-5-3-13(11-26)4-6-15/h1-6,8,14,24,26H,7,9-12H2/t14-/m1/s1. The highest BCUT2D eigenvalue weighted by Crippen LogP contribution is 2.33. The summed E-state index contributed by atoms with van der Waals surface area (Å²) in [4.78, 5) is 17.3. The number of aliphatic hydroxyl groups excluding tert-OH is 1. The van der Waals surface area contributed by atoms with Crippen molar-refractivity contribution in [2.45, 2.75) is 25.2 Å². The van der Waals surface area contributed by atoms with Crippen molar-refractivity contribution in [3.63, 3.8) is 0 Å². The number of anilines is 1. The minimum atomic E-state index is -4.54. The number of benzene rings is 1. The second kappa shape index (κ2) is 8.47. The first-order chi connectivity index (χ1) is 13.4. The van der Waals surface area contributed by atoms with E-state index >= 15 is 0 Å². The number of pyridine rings is 1. The fourth-order valence-electron chi connectivity index (χ4n) is 3.00. The number of alkyl halides is 3. The fourth-order valence-corrected chi connectivity index (χ4v) is 3.00. The molecule has 6 nitrogen and oxygen atoms in total. The van der Waals surface area contributed by atoms with Crippen molar-refractivity contribution < 1.29 is 27.8 Å². The molecule has 2 heterocycles. The van der Waals surface area contributed by atoms with Gasteiger partial charge in [0.1, 0.15) is 5.75 Å². The number of rotatable bonds is 6. The maximum atomic E-state index is 13.0. The molecule has 1 saturated heterocycles. The van der Waals surface area contributed by atoms with E-state index in [2.05, 4.69) is 10.3 Å². The molecule has 0 saturated carbocycles. The SMILES string of the molecule is O=C(COc1ccc(CO)cc1)N1CC[C@@H](Nc2cccnc2C(F)(F)F)C1. The Hall–Kier alpha value is -2.81. The molecule has 1 aromatic heterocycles. The van der Waals surface area contributed by atoms with Gasteiger partial charge in [0.15, 0.2) is 12.3 Å². The second-order valence-electron chi connectivity index (χ2n) is 6.46. The van der Waals surface area contributed by atoms with Crippen LogP contribution < -0.4 is 10.1 Å². The van der Waals surface area contributed by atoms with E-state index in [1.165, 1.54) is 12.1 Å². The molecule has 1 amide bonds. The highest BCUT2D eigenvalue weighted by Gasteiger charge is 2.36. The van der Waals surface area contributed by atoms with Crippen molar-refractivity contribution >= 4 is 11.6 Å². The summed E-state index contributed by atoms with van der Waals surface area (Å²) >= 11 is 0. The predicted molar refractivity (Wildman–Crippen MR) is 95.7 cm³/mol. The zero-order valence-corrected chi connectivity index (χ0v) is 14.9. The number of hydrogen-bond acceptors (Lipinski definition) is 5. The maximum Gasteiger partial charge on any atom is 0.435 e. The first kappa shape index (κ1) is 19.9. The normalized spacial score (nSPS) is 16.9. The van der Waals surface area contributed by atoms with Gasteiger partial charge in [-0.05, 0) is 36.2 Å². The second-order valence-corrected chi connectivity index (χ2v) is 6.46. The quantitative estimate of drug-likeness (QED) is 0.787. The third-order valence-corrected chi connectivity index (χ3v) is 4.45. The third-order valence-electron chi connectivity index (χ3n) is 4.45. The van der Waals surface area contributed by atoms with Crippen molar-refractivity contribution in [3.8, 4) is 5.75 Å². The minimum absolute atomic E-state index is 0.0750. The van der Waals surface area contributed by atoms with E-state index in [0.717, 1.165) is 11.8 Å². The molecule has 9 heteroatoms. The van der Waals surface area contributed by atoms with Gasteiger partial charge in [0.25, 0.3) is 5.91 Å². The van der Waals surface area contributed by atoms with Crippen LogP contribution in [0, 0.1) is 0 Å². The largest absolute Gasteiger partial charge is 0.484 e. The number of carbonyl (C=O) groups is 1. The molecule has 1 aliphatic rings. The van der Waals surface area contributed by atoms with E-state index in [0.29, 0.717) is 18.7 Å². The Labute approximate surface area is 159 Å². The summed E-state index contributed by atoms with van der Waals surface area (Å²) in [5.74, 6) is 0.266. The Morgan fingerprint density at radius 3 is 2.71 bits per heavy atom. The number of aromatic nitrogens is 1. The van der Waals surface area contributed by atoms with Crippen molar-refractivity contribution in [1.29, 1.82) is 0 Å². The average molecular weight is 395 g/mol. The molecule has 1 aromatic carbocycles. The number of ether oxygens (including phenoxy) is 1. The van der Waals surface area contributed by atoms with Gasteiger partial charge in [0.2, 0.25) is 0 Å². The Kier molecular flexibility index (Phi) is 6.03. The van der Waals surface area contributed by atoms with Gasteiger partial charge in [-0.2, -0.15) is 13.2 Å². The number of likely N-dealkylation sites (tertiary alicyclic amines) is 1. The van der Waals surface area contributed by atoms with Crippen LogP contribution in [0.15, 0.2) is 42.6 Å². The average Bonchev–Trinajstić information content (AvgIpc) is 3.14. The molecule has 0 radical (unpaired) electrons. The summed E-state index contributed by atoms with van der Waals surface area (Å²) in [6, 6.07) is 9.19. The van der Waals surface area contributed by atoms with E-state index < -0.39 is 11.9 Å². The van der Waals surface area contributed by atoms with Crippen LogP contribution in [0.5, 0.6) is 5.75 Å². The molecule has 0 aliphatic carbocycles. The first-order valence-electron chi connectivity index (χ1n) is 8.76. The topological polar surface area (TPSA) is 74.7 Å². The lowest BCUT2D eigenvalue weighted by Gasteiger charge is -2.19. The number of halogens is 3. The van der Waals surface area contributed by atoms with Gasteiger partial charge in [-0.1, -0.05) is 12.1 Å². The van der Waals surface area contributed by atoms with E-state index in [9.17, 15) is 18.0 Å². The lowest BCUT2D eigenvalue weighted by molar-refractivity contribution is -0.140. The highest BCUT2D eigenvalue weighted by molar-refractivity contribution is 5.78. The van der Waals surface area contributed by atoms with Crippen LogP contribution in [-0.4, -0.2) is 46.6 Å². The van der Waals surface area contributed by atoms with Crippen LogP contribution >= 0.6 is 0 Å². The summed E-state index contributed by atoms with van der Waals surface area (Å²) in [6.07, 6.45) is -2.91. The molecule has 28 heavy (non-hydrogen) atoms. The van der Waals surface area contributed by atoms with Gasteiger partial charge in [-0.25, -0.2) is 4.98 Å². The van der Waals surface area contributed by atoms with E-state index in [1.54, 1.807) is 29.2 Å². The van der Waals surface area contributed by atoms with Gasteiger partial charge in [0.05, 0.1) is 12.3 Å². The van der Waals surface area contributed by atoms with E-state index in [-0.39, 0.29) is 37.4 Å². The molecule has 2 N–H and O–H groups in total. The summed E-state index contributed by atoms with van der Waals surface area (Å²) < 4.78 is 44.6. The Morgan fingerprint density at radius 1 is 1.29 bits per heavy atom. The minimum Gasteiger partial charge on any atom is -0.484 e. The van der Waals surface area contributed by atoms with Crippen LogP contribution in [0.4, 0.5) is 18.9 Å². The first-order valence-corrected chi connectivity index (χ1v) is 8.76. The van der Waals surface area contributed by atoms with E-state index in [4.69, 9.17) is 9.84 Å². The molecule has 1 atom stereocenters. The lowest BCUT2D eigenvalue weighted by atomic mass is 10.2. The molecule has 0 spiro atoms. The summed E-state index contributed by atoms with van der Waals surface area (Å²) in [6.45, 7) is 0.489. The Morgan fingerprint density at radius 2 is 2.04 bits per heavy atom. The summed E-state index contributed by atoms with van der Waals surface area (Å²) in [5, 5.41) is 11.9. The lowest BCUT2D eigenvalue weighted by Crippen LogP contribution is -2.35. The zero-order valence-electron chi connectivity index (χ0n) is 14.9. The van der Waals surface area contributed by atoms with Crippen molar-refractivity contribution in [2.75, 3.05) is 25.0 Å². The predicted octanol–water partition coefficient (Wildman–Crippen LogP) is 2.68. The molecular weight excluding hydrogens is 375 g/mol.